The van der Waals surface area contributed by atoms with Gasteiger partial charge >= 0.3 is 5.97 Å². The van der Waals surface area contributed by atoms with Crippen molar-refractivity contribution in [2.45, 2.75) is 77.0 Å². The van der Waals surface area contributed by atoms with Crippen LogP contribution in [-0.4, -0.2) is 39.3 Å². The normalized spacial score (nSPS) is 13.2. The summed E-state index contributed by atoms with van der Waals surface area (Å²) in [4.78, 5) is 16.6. The van der Waals surface area contributed by atoms with E-state index in [9.17, 15) is 18.7 Å². The van der Waals surface area contributed by atoms with Gasteiger partial charge in [-0.25, -0.2) is 12.4 Å². The molecule has 270 valence electrons. The highest BCUT2D eigenvalue weighted by Crippen LogP contribution is 2.40. The Morgan fingerprint density at radius 3 is 2.04 bits per heavy atom. The molecule has 5 aromatic rings. The molecular weight excluding hydrogens is 689 g/mol. The molecule has 0 saturated carbocycles. The second-order valence-corrected chi connectivity index (χ2v) is 20.3. The van der Waals surface area contributed by atoms with Crippen molar-refractivity contribution in [3.05, 3.63) is 148 Å². The number of hydrogen-bond donors (Lipinski definition) is 0. The van der Waals surface area contributed by atoms with Crippen LogP contribution < -0.4 is 10.4 Å². The highest BCUT2D eigenvalue weighted by atomic mass is 32.2. The van der Waals surface area contributed by atoms with Crippen LogP contribution in [0.5, 0.6) is 0 Å². The van der Waals surface area contributed by atoms with E-state index in [0.717, 1.165) is 27.1 Å². The second-order valence-electron chi connectivity index (χ2n) is 14.1. The van der Waals surface area contributed by atoms with Crippen molar-refractivity contribution in [3.8, 4) is 0 Å². The zero-order valence-corrected chi connectivity index (χ0v) is 32.6. The number of allylic oxidation sites excluding steroid dienone is 1. The third kappa shape index (κ3) is 7.49. The Kier molecular flexibility index (Phi) is 11.6. The number of rotatable bonds is 13. The summed E-state index contributed by atoms with van der Waals surface area (Å²) in [7, 11) is -7.14. The molecule has 11 heteroatoms. The fraction of sp³-hybridized carbons (Fsp3) is 0.293. The summed E-state index contributed by atoms with van der Waals surface area (Å²) >= 11 is 0. The molecule has 4 aromatic carbocycles. The number of carbonyl (C=O) groups excluding carboxylic acids is 1. The Balaban J connectivity index is 1.81. The first-order chi connectivity index (χ1) is 24.8. The van der Waals surface area contributed by atoms with E-state index in [4.69, 9.17) is 9.16 Å². The molecule has 0 saturated heterocycles. The summed E-state index contributed by atoms with van der Waals surface area (Å²) in [5.74, 6) is -1.56. The molecule has 0 aliphatic rings. The van der Waals surface area contributed by atoms with Gasteiger partial charge in [0, 0.05) is 22.4 Å². The molecule has 0 amide bonds. The summed E-state index contributed by atoms with van der Waals surface area (Å²) in [6, 6.07) is 31.5. The van der Waals surface area contributed by atoms with E-state index < -0.39 is 36.3 Å². The van der Waals surface area contributed by atoms with E-state index in [1.54, 1.807) is 43.5 Å². The predicted octanol–water partition coefficient (Wildman–Crippen LogP) is 8.56. The summed E-state index contributed by atoms with van der Waals surface area (Å²) in [6.07, 6.45) is 3.38. The maximum Gasteiger partial charge on any atom is 0.315 e. The van der Waals surface area contributed by atoms with Gasteiger partial charge in [0.1, 0.15) is 6.04 Å². The van der Waals surface area contributed by atoms with Crippen LogP contribution in [0.3, 0.4) is 0 Å². The largest absolute Gasteiger partial charge is 0.466 e. The van der Waals surface area contributed by atoms with Gasteiger partial charge in [-0.15, -0.1) is 0 Å². The zero-order chi connectivity index (χ0) is 37.7. The molecule has 9 nitrogen and oxygen atoms in total. The van der Waals surface area contributed by atoms with Gasteiger partial charge in [-0.1, -0.05) is 128 Å². The smallest absolute Gasteiger partial charge is 0.315 e. The molecule has 0 N–H and O–H groups in total. The lowest BCUT2D eigenvalue weighted by Crippen LogP contribution is -2.66. The molecule has 1 heterocycles. The SMILES string of the molecule is CCOC(=O)[C@@H](N=[N+]=[N-])[C@H](C=C(C)C)c1cn(S(=O)(=O)c2ccc(C)cc2)c2cccc(CO[Si](c3ccccc3)(c3ccccc3)C(C)(C)C)c12. The first-order valence-corrected chi connectivity index (χ1v) is 20.7. The Morgan fingerprint density at radius 2 is 1.52 bits per heavy atom. The fourth-order valence-electron chi connectivity index (χ4n) is 6.97. The number of nitrogens with zero attached hydrogens (tertiary/aromatic N) is 4. The van der Waals surface area contributed by atoms with Crippen LogP contribution in [0.4, 0.5) is 0 Å². The first kappa shape index (κ1) is 38.3. The maximum atomic E-state index is 14.4. The number of aromatic nitrogens is 1. The molecule has 1 aromatic heterocycles. The molecule has 2 atom stereocenters. The number of benzene rings is 4. The second kappa shape index (κ2) is 15.8. The van der Waals surface area contributed by atoms with Gasteiger partial charge in [0.05, 0.1) is 23.6 Å². The highest BCUT2D eigenvalue weighted by molar-refractivity contribution is 7.90. The summed E-state index contributed by atoms with van der Waals surface area (Å²) < 4.78 is 42.9. The third-order valence-electron chi connectivity index (χ3n) is 9.27. The van der Waals surface area contributed by atoms with Crippen LogP contribution in [0.15, 0.2) is 131 Å². The number of ether oxygens (including phenoxy) is 1. The van der Waals surface area contributed by atoms with Gasteiger partial charge < -0.3 is 9.16 Å². The molecule has 0 fully saturated rings. The van der Waals surface area contributed by atoms with Crippen molar-refractivity contribution in [1.29, 1.82) is 0 Å². The lowest BCUT2D eigenvalue weighted by atomic mass is 9.88. The molecular formula is C41H46N4O5SSi. The van der Waals surface area contributed by atoms with E-state index in [1.807, 2.05) is 75.4 Å². The minimum atomic E-state index is -4.12. The molecule has 0 radical (unpaired) electrons. The van der Waals surface area contributed by atoms with E-state index in [0.29, 0.717) is 16.5 Å². The molecule has 0 aliphatic heterocycles. The number of fused-ring (bicyclic) bond motifs is 1. The van der Waals surface area contributed by atoms with Crippen molar-refractivity contribution in [2.24, 2.45) is 5.11 Å². The third-order valence-corrected chi connectivity index (χ3v) is 15.9. The Morgan fingerprint density at radius 1 is 0.923 bits per heavy atom. The fourth-order valence-corrected chi connectivity index (χ4v) is 12.9. The molecule has 0 aliphatic carbocycles. The molecule has 0 spiro atoms. The lowest BCUT2D eigenvalue weighted by Gasteiger charge is -2.43. The van der Waals surface area contributed by atoms with Gasteiger partial charge in [0.25, 0.3) is 18.3 Å². The van der Waals surface area contributed by atoms with E-state index in [-0.39, 0.29) is 23.1 Å². The van der Waals surface area contributed by atoms with Crippen LogP contribution in [0.2, 0.25) is 5.04 Å². The van der Waals surface area contributed by atoms with Crippen LogP contribution in [0.25, 0.3) is 21.3 Å². The average molecular weight is 735 g/mol. The van der Waals surface area contributed by atoms with Crippen LogP contribution in [0.1, 0.15) is 64.2 Å². The highest BCUT2D eigenvalue weighted by Gasteiger charge is 2.50. The number of azide groups is 1. The average Bonchev–Trinajstić information content (AvgIpc) is 3.52. The van der Waals surface area contributed by atoms with Crippen LogP contribution >= 0.6 is 0 Å². The minimum Gasteiger partial charge on any atom is -0.466 e. The minimum absolute atomic E-state index is 0.0823. The summed E-state index contributed by atoms with van der Waals surface area (Å²) in [6.45, 7) is 14.1. The Bertz CT molecular complexity index is 2180. The van der Waals surface area contributed by atoms with Gasteiger partial charge in [0.15, 0.2) is 0 Å². The molecule has 52 heavy (non-hydrogen) atoms. The summed E-state index contributed by atoms with van der Waals surface area (Å²) in [5.41, 5.74) is 13.0. The van der Waals surface area contributed by atoms with E-state index in [2.05, 4.69) is 55.1 Å². The summed E-state index contributed by atoms with van der Waals surface area (Å²) in [5, 5.41) is 6.42. The Labute approximate surface area is 307 Å². The molecule has 0 unspecified atom stereocenters. The zero-order valence-electron chi connectivity index (χ0n) is 30.8. The number of hydrogen-bond acceptors (Lipinski definition) is 6. The van der Waals surface area contributed by atoms with Gasteiger partial charge in [-0.2, -0.15) is 0 Å². The lowest BCUT2D eigenvalue weighted by molar-refractivity contribution is -0.144. The maximum absolute atomic E-state index is 14.4. The van der Waals surface area contributed by atoms with Gasteiger partial charge in [-0.3, -0.25) is 4.79 Å². The van der Waals surface area contributed by atoms with Crippen LogP contribution in [0, 0.1) is 6.92 Å². The first-order valence-electron chi connectivity index (χ1n) is 17.3. The predicted molar refractivity (Wildman–Crippen MR) is 210 cm³/mol. The molecule has 0 bridgehead atoms. The monoisotopic (exact) mass is 734 g/mol. The Hall–Kier alpha value is -4.93. The van der Waals surface area contributed by atoms with Crippen molar-refractivity contribution in [3.63, 3.8) is 0 Å². The number of carbonyl (C=O) groups is 1. The number of esters is 1. The van der Waals surface area contributed by atoms with Crippen LogP contribution in [-0.2, 0) is 30.6 Å². The van der Waals surface area contributed by atoms with Gasteiger partial charge in [-0.05, 0) is 78.0 Å². The molecule has 5 rings (SSSR count). The topological polar surface area (TPSA) is 123 Å². The van der Waals surface area contributed by atoms with Crippen molar-refractivity contribution < 1.29 is 22.4 Å². The van der Waals surface area contributed by atoms with Crippen molar-refractivity contribution in [1.82, 2.24) is 3.97 Å². The standard InChI is InChI=1S/C41H46N4O5SSi/c1-8-49-40(46)39(43-44-42)35(26-29(2)3)36-27-45(51(47,48)32-24-22-30(4)23-25-32)37-21-15-16-31(38(36)37)28-50-52(41(5,6)7,33-17-11-9-12-18-33)34-19-13-10-14-20-34/h9-27,35,39H,8,28H2,1-7H3/t35-,39+/m1/s1. The van der Waals surface area contributed by atoms with E-state index in [1.165, 1.54) is 3.97 Å². The van der Waals surface area contributed by atoms with Gasteiger partial charge in [0.2, 0.25) is 0 Å². The van der Waals surface area contributed by atoms with Crippen molar-refractivity contribution >= 4 is 45.6 Å². The van der Waals surface area contributed by atoms with E-state index >= 15 is 0 Å². The number of aryl methyl sites for hydroxylation is 1. The quantitative estimate of drug-likeness (QED) is 0.0300. The van der Waals surface area contributed by atoms with Crippen molar-refractivity contribution in [2.75, 3.05) is 6.61 Å².